The van der Waals surface area contributed by atoms with Gasteiger partial charge in [0.15, 0.2) is 0 Å². The van der Waals surface area contributed by atoms with Crippen molar-refractivity contribution in [2.45, 2.75) is 32.3 Å². The molecule has 0 aliphatic carbocycles. The van der Waals surface area contributed by atoms with Crippen molar-refractivity contribution in [3.8, 4) is 0 Å². The van der Waals surface area contributed by atoms with E-state index in [1.807, 2.05) is 0 Å². The Bertz CT molecular complexity index is 137. The summed E-state index contributed by atoms with van der Waals surface area (Å²) < 4.78 is 5.22. The van der Waals surface area contributed by atoms with Gasteiger partial charge in [0.2, 0.25) is 0 Å². The summed E-state index contributed by atoms with van der Waals surface area (Å²) in [4.78, 5) is 2.56. The summed E-state index contributed by atoms with van der Waals surface area (Å²) in [6, 6.07) is 0. The first kappa shape index (κ1) is 8.52. The molecule has 2 aliphatic heterocycles. The van der Waals surface area contributed by atoms with Crippen LogP contribution < -0.4 is 0 Å². The van der Waals surface area contributed by atoms with Crippen LogP contribution in [0.5, 0.6) is 0 Å². The second-order valence-electron chi connectivity index (χ2n) is 4.11. The van der Waals surface area contributed by atoms with E-state index in [9.17, 15) is 0 Å². The van der Waals surface area contributed by atoms with Crippen molar-refractivity contribution in [1.29, 1.82) is 0 Å². The molecule has 2 nitrogen and oxygen atoms in total. The Morgan fingerprint density at radius 1 is 1.33 bits per heavy atom. The minimum Gasteiger partial charge on any atom is -0.372 e. The maximum Gasteiger partial charge on any atom is 0.0936 e. The van der Waals surface area contributed by atoms with Gasteiger partial charge in [-0.1, -0.05) is 13.3 Å². The normalized spacial score (nSPS) is 32.2. The van der Waals surface area contributed by atoms with Gasteiger partial charge < -0.3 is 9.64 Å². The predicted octanol–water partition coefficient (Wildman–Crippen LogP) is 1.51. The first-order valence-electron chi connectivity index (χ1n) is 5.22. The van der Waals surface area contributed by atoms with Crippen LogP contribution in [0.1, 0.15) is 26.2 Å². The summed E-state index contributed by atoms with van der Waals surface area (Å²) in [5, 5.41) is 0. The third-order valence-electron chi connectivity index (χ3n) is 3.15. The van der Waals surface area contributed by atoms with Crippen LogP contribution in [0.3, 0.4) is 0 Å². The van der Waals surface area contributed by atoms with Gasteiger partial charge in [0, 0.05) is 6.54 Å². The Morgan fingerprint density at radius 3 is 2.50 bits per heavy atom. The highest BCUT2D eigenvalue weighted by Crippen LogP contribution is 2.21. The molecule has 2 fully saturated rings. The van der Waals surface area contributed by atoms with Gasteiger partial charge in [0.1, 0.15) is 0 Å². The van der Waals surface area contributed by atoms with E-state index in [0.717, 1.165) is 12.5 Å². The van der Waals surface area contributed by atoms with Crippen LogP contribution in [-0.2, 0) is 4.74 Å². The molecule has 12 heavy (non-hydrogen) atoms. The van der Waals surface area contributed by atoms with Crippen LogP contribution in [0.2, 0.25) is 0 Å². The number of hydrogen-bond acceptors (Lipinski definition) is 2. The van der Waals surface area contributed by atoms with Gasteiger partial charge in [0.25, 0.3) is 0 Å². The fraction of sp³-hybridized carbons (Fsp3) is 1.00. The van der Waals surface area contributed by atoms with Gasteiger partial charge >= 0.3 is 0 Å². The molecule has 0 aromatic heterocycles. The molecule has 2 rings (SSSR count). The first-order valence-corrected chi connectivity index (χ1v) is 5.22. The molecule has 0 aromatic carbocycles. The van der Waals surface area contributed by atoms with E-state index in [4.69, 9.17) is 4.74 Å². The fourth-order valence-electron chi connectivity index (χ4n) is 2.04. The van der Waals surface area contributed by atoms with Crippen LogP contribution in [0.15, 0.2) is 0 Å². The van der Waals surface area contributed by atoms with Crippen LogP contribution in [-0.4, -0.2) is 37.2 Å². The van der Waals surface area contributed by atoms with E-state index < -0.39 is 0 Å². The average molecular weight is 169 g/mol. The molecule has 2 saturated heterocycles. The lowest BCUT2D eigenvalue weighted by molar-refractivity contribution is 0.168. The zero-order chi connectivity index (χ0) is 8.39. The molecule has 0 saturated carbocycles. The molecule has 0 N–H and O–H groups in total. The molecule has 0 aromatic rings. The van der Waals surface area contributed by atoms with Gasteiger partial charge in [-0.3, -0.25) is 0 Å². The van der Waals surface area contributed by atoms with Crippen molar-refractivity contribution in [2.75, 3.05) is 26.2 Å². The Kier molecular flexibility index (Phi) is 2.66. The van der Waals surface area contributed by atoms with E-state index in [1.165, 1.54) is 38.9 Å². The zero-order valence-electron chi connectivity index (χ0n) is 7.96. The molecular weight excluding hydrogens is 150 g/mol. The lowest BCUT2D eigenvalue weighted by atomic mass is 9.94. The monoisotopic (exact) mass is 169 g/mol. The number of ether oxygens (including phenoxy) is 1. The molecule has 70 valence electrons. The second kappa shape index (κ2) is 3.75. The van der Waals surface area contributed by atoms with E-state index in [2.05, 4.69) is 11.8 Å². The van der Waals surface area contributed by atoms with E-state index in [-0.39, 0.29) is 0 Å². The van der Waals surface area contributed by atoms with Gasteiger partial charge in [-0.05, 0) is 31.8 Å². The van der Waals surface area contributed by atoms with Crippen molar-refractivity contribution < 1.29 is 4.74 Å². The Labute approximate surface area is 74.9 Å². The van der Waals surface area contributed by atoms with Gasteiger partial charge in [-0.2, -0.15) is 0 Å². The van der Waals surface area contributed by atoms with Crippen molar-refractivity contribution in [2.24, 2.45) is 5.92 Å². The third-order valence-corrected chi connectivity index (χ3v) is 3.15. The Hall–Kier alpha value is -0.0800. The van der Waals surface area contributed by atoms with Crippen LogP contribution in [0, 0.1) is 5.92 Å². The number of likely N-dealkylation sites (tertiary alicyclic amines) is 1. The molecule has 2 heterocycles. The van der Waals surface area contributed by atoms with Crippen LogP contribution in [0.4, 0.5) is 0 Å². The van der Waals surface area contributed by atoms with Crippen molar-refractivity contribution in [1.82, 2.24) is 4.90 Å². The summed E-state index contributed by atoms with van der Waals surface area (Å²) in [5.41, 5.74) is 0. The quantitative estimate of drug-likeness (QED) is 0.595. The summed E-state index contributed by atoms with van der Waals surface area (Å²) in [6.45, 7) is 7.12. The maximum atomic E-state index is 5.22. The van der Waals surface area contributed by atoms with Gasteiger partial charge in [-0.25, -0.2) is 0 Å². The highest BCUT2D eigenvalue weighted by molar-refractivity contribution is 4.78. The molecule has 0 spiro atoms. The van der Waals surface area contributed by atoms with E-state index in [0.29, 0.717) is 6.10 Å². The molecule has 0 bridgehead atoms. The molecule has 0 amide bonds. The lowest BCUT2D eigenvalue weighted by Gasteiger charge is -2.30. The minimum atomic E-state index is 0.586. The fourth-order valence-corrected chi connectivity index (χ4v) is 2.04. The van der Waals surface area contributed by atoms with Crippen molar-refractivity contribution in [3.05, 3.63) is 0 Å². The Balaban J connectivity index is 1.66. The molecule has 0 radical (unpaired) electrons. The predicted molar refractivity (Wildman–Crippen MR) is 49.2 cm³/mol. The summed E-state index contributed by atoms with van der Waals surface area (Å²) in [5.74, 6) is 1.00. The molecule has 2 heteroatoms. The largest absolute Gasteiger partial charge is 0.372 e. The molecule has 2 aliphatic rings. The van der Waals surface area contributed by atoms with Gasteiger partial charge in [-0.15, -0.1) is 0 Å². The van der Waals surface area contributed by atoms with E-state index in [1.54, 1.807) is 0 Å². The number of rotatable bonds is 3. The van der Waals surface area contributed by atoms with Crippen LogP contribution >= 0.6 is 0 Å². The van der Waals surface area contributed by atoms with Gasteiger partial charge in [0.05, 0.1) is 12.7 Å². The average Bonchev–Trinajstić information content (AvgIpc) is 2.90. The molecule has 1 atom stereocenters. The Morgan fingerprint density at radius 2 is 2.00 bits per heavy atom. The summed E-state index contributed by atoms with van der Waals surface area (Å²) in [7, 11) is 0. The van der Waals surface area contributed by atoms with E-state index >= 15 is 0 Å². The van der Waals surface area contributed by atoms with Crippen molar-refractivity contribution in [3.63, 3.8) is 0 Å². The zero-order valence-corrected chi connectivity index (χ0v) is 7.96. The number of piperidine rings is 1. The van der Waals surface area contributed by atoms with Crippen molar-refractivity contribution >= 4 is 0 Å². The third kappa shape index (κ3) is 2.20. The lowest BCUT2D eigenvalue weighted by Crippen LogP contribution is -2.36. The number of nitrogens with zero attached hydrogens (tertiary/aromatic N) is 1. The number of hydrogen-bond donors (Lipinski definition) is 0. The summed E-state index contributed by atoms with van der Waals surface area (Å²) >= 11 is 0. The second-order valence-corrected chi connectivity index (χ2v) is 4.11. The summed E-state index contributed by atoms with van der Waals surface area (Å²) in [6.07, 6.45) is 4.77. The van der Waals surface area contributed by atoms with Crippen LogP contribution in [0.25, 0.3) is 0 Å². The number of epoxide rings is 1. The highest BCUT2D eigenvalue weighted by Gasteiger charge is 2.27. The first-order chi connectivity index (χ1) is 5.88. The smallest absolute Gasteiger partial charge is 0.0936 e. The molecular formula is C10H19NO. The maximum absolute atomic E-state index is 5.22. The topological polar surface area (TPSA) is 15.8 Å². The SMILES string of the molecule is CCC1CCN(C[C@@H]2CO2)CC1. The highest BCUT2D eigenvalue weighted by atomic mass is 16.6. The minimum absolute atomic E-state index is 0.586. The molecule has 0 unspecified atom stereocenters. The standard InChI is InChI=1S/C10H19NO/c1-2-9-3-5-11(6-4-9)7-10-8-12-10/h9-10H,2-8H2,1H3/t10-/m1/s1.